The van der Waals surface area contributed by atoms with E-state index in [-0.39, 0.29) is 17.2 Å². The minimum absolute atomic E-state index is 0.00690. The summed E-state index contributed by atoms with van der Waals surface area (Å²) in [4.78, 5) is 12.5. The van der Waals surface area contributed by atoms with Gasteiger partial charge in [0.25, 0.3) is 5.69 Å². The molecule has 0 fully saturated rings. The highest BCUT2D eigenvalue weighted by Gasteiger charge is 2.15. The number of aryl methyl sites for hydroxylation is 1. The van der Waals surface area contributed by atoms with Gasteiger partial charge in [-0.15, -0.1) is 0 Å². The molecule has 0 aromatic heterocycles. The first-order valence-corrected chi connectivity index (χ1v) is 6.26. The third-order valence-electron chi connectivity index (χ3n) is 2.95. The van der Waals surface area contributed by atoms with Crippen molar-refractivity contribution in [3.05, 3.63) is 33.9 Å². The Bertz CT molecular complexity index is 423. The van der Waals surface area contributed by atoms with Crippen LogP contribution in [0.15, 0.2) is 18.2 Å². The van der Waals surface area contributed by atoms with Crippen molar-refractivity contribution in [2.75, 3.05) is 38.3 Å². The number of aliphatic hydroxyl groups is 1. The average molecular weight is 268 g/mol. The van der Waals surface area contributed by atoms with Crippen molar-refractivity contribution in [1.82, 2.24) is 0 Å². The predicted molar refractivity (Wildman–Crippen MR) is 73.6 cm³/mol. The fourth-order valence-corrected chi connectivity index (χ4v) is 1.91. The van der Waals surface area contributed by atoms with Crippen LogP contribution in [0.5, 0.6) is 0 Å². The maximum absolute atomic E-state index is 11.0. The first-order valence-electron chi connectivity index (χ1n) is 6.26. The van der Waals surface area contributed by atoms with Crippen LogP contribution in [0, 0.1) is 10.1 Å². The van der Waals surface area contributed by atoms with Gasteiger partial charge < -0.3 is 14.7 Å². The van der Waals surface area contributed by atoms with Crippen molar-refractivity contribution >= 4 is 11.4 Å². The van der Waals surface area contributed by atoms with E-state index in [1.54, 1.807) is 19.2 Å². The zero-order chi connectivity index (χ0) is 14.3. The van der Waals surface area contributed by atoms with Gasteiger partial charge in [-0.3, -0.25) is 10.1 Å². The second-order valence-corrected chi connectivity index (χ2v) is 4.13. The van der Waals surface area contributed by atoms with Crippen LogP contribution in [0.2, 0.25) is 0 Å². The molecule has 1 rings (SSSR count). The monoisotopic (exact) mass is 268 g/mol. The lowest BCUT2D eigenvalue weighted by Crippen LogP contribution is -2.30. The maximum Gasteiger partial charge on any atom is 0.274 e. The number of nitro groups is 1. The number of methoxy groups -OCH3 is 1. The molecule has 0 amide bonds. The van der Waals surface area contributed by atoms with Gasteiger partial charge in [0.1, 0.15) is 0 Å². The summed E-state index contributed by atoms with van der Waals surface area (Å²) in [5.41, 5.74) is 1.57. The molecule has 0 atom stereocenters. The molecule has 0 aliphatic carbocycles. The Morgan fingerprint density at radius 2 is 2.16 bits per heavy atom. The summed E-state index contributed by atoms with van der Waals surface area (Å²) in [5.74, 6) is 0. The van der Waals surface area contributed by atoms with Crippen molar-refractivity contribution in [3.63, 3.8) is 0 Å². The number of nitrogens with zero attached hydrogens (tertiary/aromatic N) is 2. The van der Waals surface area contributed by atoms with E-state index >= 15 is 0 Å². The third kappa shape index (κ3) is 4.18. The first-order chi connectivity index (χ1) is 9.13. The van der Waals surface area contributed by atoms with Crippen molar-refractivity contribution in [1.29, 1.82) is 0 Å². The van der Waals surface area contributed by atoms with Crippen LogP contribution < -0.4 is 4.90 Å². The molecule has 6 heteroatoms. The quantitative estimate of drug-likeness (QED) is 0.572. The second kappa shape index (κ2) is 7.70. The number of aliphatic hydroxyl groups excluding tert-OH is 1. The molecule has 106 valence electrons. The van der Waals surface area contributed by atoms with Gasteiger partial charge in [-0.1, -0.05) is 13.0 Å². The van der Waals surface area contributed by atoms with Gasteiger partial charge in [0.2, 0.25) is 0 Å². The minimum Gasteiger partial charge on any atom is -0.395 e. The van der Waals surface area contributed by atoms with E-state index in [0.29, 0.717) is 31.7 Å². The number of benzene rings is 1. The molecule has 0 saturated carbocycles. The Balaban J connectivity index is 3.02. The lowest BCUT2D eigenvalue weighted by molar-refractivity contribution is -0.385. The van der Waals surface area contributed by atoms with E-state index in [4.69, 9.17) is 9.84 Å². The summed E-state index contributed by atoms with van der Waals surface area (Å²) in [6.07, 6.45) is 0.620. The standard InChI is InChI=1S/C13H20N2O4/c1-3-11-4-5-12(10-13(11)15(17)18)14(6-8-16)7-9-19-2/h4-5,10,16H,3,6-9H2,1-2H3. The number of rotatable bonds is 8. The molecule has 0 radical (unpaired) electrons. The highest BCUT2D eigenvalue weighted by molar-refractivity contribution is 5.57. The van der Waals surface area contributed by atoms with Gasteiger partial charge in [0, 0.05) is 37.5 Å². The van der Waals surface area contributed by atoms with Gasteiger partial charge >= 0.3 is 0 Å². The van der Waals surface area contributed by atoms with E-state index in [9.17, 15) is 10.1 Å². The van der Waals surface area contributed by atoms with Crippen LogP contribution in [0.25, 0.3) is 0 Å². The predicted octanol–water partition coefficient (Wildman–Crippen LogP) is 1.60. The average Bonchev–Trinajstić information content (AvgIpc) is 2.42. The van der Waals surface area contributed by atoms with Gasteiger partial charge in [-0.2, -0.15) is 0 Å². The lowest BCUT2D eigenvalue weighted by atomic mass is 10.1. The highest BCUT2D eigenvalue weighted by Crippen LogP contribution is 2.26. The number of hydrogen-bond donors (Lipinski definition) is 1. The number of hydrogen-bond acceptors (Lipinski definition) is 5. The number of ether oxygens (including phenoxy) is 1. The van der Waals surface area contributed by atoms with E-state index in [1.165, 1.54) is 0 Å². The summed E-state index contributed by atoms with van der Waals surface area (Å²) in [6.45, 7) is 3.39. The van der Waals surface area contributed by atoms with E-state index in [1.807, 2.05) is 17.9 Å². The molecule has 1 aromatic carbocycles. The summed E-state index contributed by atoms with van der Waals surface area (Å²) >= 11 is 0. The molecule has 0 saturated heterocycles. The summed E-state index contributed by atoms with van der Waals surface area (Å²) < 4.78 is 5.01. The molecule has 1 aromatic rings. The largest absolute Gasteiger partial charge is 0.395 e. The molecule has 0 heterocycles. The van der Waals surface area contributed by atoms with Crippen molar-refractivity contribution in [2.24, 2.45) is 0 Å². The van der Waals surface area contributed by atoms with Crippen LogP contribution in [-0.2, 0) is 11.2 Å². The van der Waals surface area contributed by atoms with Gasteiger partial charge in [0.05, 0.1) is 18.1 Å². The van der Waals surface area contributed by atoms with Gasteiger partial charge in [0.15, 0.2) is 0 Å². The Hall–Kier alpha value is -1.66. The van der Waals surface area contributed by atoms with Crippen LogP contribution in [0.3, 0.4) is 0 Å². The molecule has 0 unspecified atom stereocenters. The van der Waals surface area contributed by atoms with Crippen LogP contribution in [-0.4, -0.2) is 43.4 Å². The van der Waals surface area contributed by atoms with Crippen LogP contribution in [0.1, 0.15) is 12.5 Å². The first kappa shape index (κ1) is 15.4. The van der Waals surface area contributed by atoms with Crippen molar-refractivity contribution in [3.8, 4) is 0 Å². The SMILES string of the molecule is CCc1ccc(N(CCO)CCOC)cc1[N+](=O)[O-]. The van der Waals surface area contributed by atoms with Crippen molar-refractivity contribution in [2.45, 2.75) is 13.3 Å². The van der Waals surface area contributed by atoms with E-state index in [0.717, 1.165) is 5.69 Å². The molecule has 1 N–H and O–H groups in total. The fourth-order valence-electron chi connectivity index (χ4n) is 1.91. The minimum atomic E-state index is -0.365. The highest BCUT2D eigenvalue weighted by atomic mass is 16.6. The van der Waals surface area contributed by atoms with E-state index < -0.39 is 0 Å². The van der Waals surface area contributed by atoms with E-state index in [2.05, 4.69) is 0 Å². The molecule has 0 spiro atoms. The molecule has 0 aliphatic rings. The third-order valence-corrected chi connectivity index (χ3v) is 2.95. The smallest absolute Gasteiger partial charge is 0.274 e. The number of anilines is 1. The van der Waals surface area contributed by atoms with Crippen molar-refractivity contribution < 1.29 is 14.8 Å². The number of nitro benzene ring substituents is 1. The Morgan fingerprint density at radius 1 is 1.42 bits per heavy atom. The fraction of sp³-hybridized carbons (Fsp3) is 0.538. The van der Waals surface area contributed by atoms with Crippen LogP contribution >= 0.6 is 0 Å². The van der Waals surface area contributed by atoms with Gasteiger partial charge in [-0.05, 0) is 12.5 Å². The molecule has 6 nitrogen and oxygen atoms in total. The lowest BCUT2D eigenvalue weighted by Gasteiger charge is -2.23. The molecule has 0 bridgehead atoms. The summed E-state index contributed by atoms with van der Waals surface area (Å²) in [7, 11) is 1.60. The Labute approximate surface area is 112 Å². The maximum atomic E-state index is 11.0. The summed E-state index contributed by atoms with van der Waals surface area (Å²) in [5, 5.41) is 20.1. The molecule has 19 heavy (non-hydrogen) atoms. The molecular formula is C13H20N2O4. The topological polar surface area (TPSA) is 75.8 Å². The van der Waals surface area contributed by atoms with Gasteiger partial charge in [-0.25, -0.2) is 0 Å². The van der Waals surface area contributed by atoms with Crippen LogP contribution in [0.4, 0.5) is 11.4 Å². The molecular weight excluding hydrogens is 248 g/mol. The normalized spacial score (nSPS) is 10.5. The zero-order valence-electron chi connectivity index (χ0n) is 11.3. The Morgan fingerprint density at radius 3 is 2.68 bits per heavy atom. The Kier molecular flexibility index (Phi) is 6.24. The summed E-state index contributed by atoms with van der Waals surface area (Å²) in [6, 6.07) is 5.17. The second-order valence-electron chi connectivity index (χ2n) is 4.13. The molecule has 0 aliphatic heterocycles. The zero-order valence-corrected chi connectivity index (χ0v) is 11.3.